The van der Waals surface area contributed by atoms with Gasteiger partial charge in [0.25, 0.3) is 5.56 Å². The van der Waals surface area contributed by atoms with Crippen molar-refractivity contribution in [2.24, 2.45) is 5.10 Å². The third kappa shape index (κ3) is 3.44. The zero-order valence-corrected chi connectivity index (χ0v) is 17.8. The van der Waals surface area contributed by atoms with Gasteiger partial charge in [-0.05, 0) is 36.8 Å². The van der Waals surface area contributed by atoms with Gasteiger partial charge < -0.3 is 9.55 Å². The summed E-state index contributed by atoms with van der Waals surface area (Å²) in [6.45, 7) is 2.48. The minimum Gasteiger partial charge on any atom is -0.340 e. The zero-order chi connectivity index (χ0) is 22.9. The zero-order valence-electron chi connectivity index (χ0n) is 17.8. The van der Waals surface area contributed by atoms with E-state index in [-0.39, 0.29) is 0 Å². The molecule has 0 bridgehead atoms. The summed E-state index contributed by atoms with van der Waals surface area (Å²) in [5.41, 5.74) is 3.63. The smallest absolute Gasteiger partial charge is 0.340 e. The number of aromatic nitrogens is 3. The molecular weight excluding hydrogens is 414 g/mol. The Morgan fingerprint density at radius 2 is 1.67 bits per heavy atom. The second-order valence-corrected chi connectivity index (χ2v) is 7.71. The van der Waals surface area contributed by atoms with Gasteiger partial charge in [0.05, 0.1) is 28.8 Å². The molecule has 2 heterocycles. The van der Waals surface area contributed by atoms with Crippen LogP contribution in [0.1, 0.15) is 22.4 Å². The van der Waals surface area contributed by atoms with E-state index in [2.05, 4.69) is 20.7 Å². The van der Waals surface area contributed by atoms with E-state index in [1.165, 1.54) is 0 Å². The van der Waals surface area contributed by atoms with Gasteiger partial charge in [-0.1, -0.05) is 48.5 Å². The molecule has 33 heavy (non-hydrogen) atoms. The molecule has 0 spiro atoms. The van der Waals surface area contributed by atoms with Crippen LogP contribution in [0, 0.1) is 18.3 Å². The molecule has 7 nitrogen and oxygen atoms in total. The molecule has 5 rings (SSSR count). The number of fused-ring (bicyclic) bond motifs is 2. The van der Waals surface area contributed by atoms with Crippen molar-refractivity contribution in [3.8, 4) is 6.07 Å². The predicted octanol–water partition coefficient (Wildman–Crippen LogP) is 3.76. The molecule has 0 aliphatic heterocycles. The van der Waals surface area contributed by atoms with Gasteiger partial charge in [-0.3, -0.25) is 4.79 Å². The van der Waals surface area contributed by atoms with E-state index in [1.54, 1.807) is 36.5 Å². The predicted molar refractivity (Wildman–Crippen MR) is 129 cm³/mol. The van der Waals surface area contributed by atoms with E-state index in [4.69, 9.17) is 0 Å². The van der Waals surface area contributed by atoms with Gasteiger partial charge >= 0.3 is 5.69 Å². The van der Waals surface area contributed by atoms with E-state index in [1.807, 2.05) is 49.4 Å². The van der Waals surface area contributed by atoms with Crippen LogP contribution in [-0.4, -0.2) is 20.4 Å². The van der Waals surface area contributed by atoms with Crippen LogP contribution < -0.4 is 11.2 Å². The van der Waals surface area contributed by atoms with Crippen molar-refractivity contribution in [2.45, 2.75) is 13.5 Å². The van der Waals surface area contributed by atoms with Gasteiger partial charge in [0, 0.05) is 28.7 Å². The number of hydrogen-bond acceptors (Lipinski definition) is 4. The first-order chi connectivity index (χ1) is 16.1. The Balaban J connectivity index is 1.65. The van der Waals surface area contributed by atoms with Crippen LogP contribution >= 0.6 is 0 Å². The Bertz CT molecular complexity index is 1710. The van der Waals surface area contributed by atoms with Crippen LogP contribution in [0.4, 0.5) is 0 Å². The second-order valence-electron chi connectivity index (χ2n) is 7.71. The number of aromatic amines is 1. The number of rotatable bonds is 4. The van der Waals surface area contributed by atoms with Gasteiger partial charge in [0.2, 0.25) is 0 Å². The van der Waals surface area contributed by atoms with Crippen LogP contribution in [0.25, 0.3) is 21.8 Å². The van der Waals surface area contributed by atoms with Gasteiger partial charge in [-0.25, -0.2) is 4.79 Å². The Hall–Kier alpha value is -4.70. The fourth-order valence-electron chi connectivity index (χ4n) is 4.14. The van der Waals surface area contributed by atoms with Gasteiger partial charge in [0.1, 0.15) is 0 Å². The molecule has 5 aromatic rings. The average Bonchev–Trinajstić information content (AvgIpc) is 3.10. The first-order valence-corrected chi connectivity index (χ1v) is 10.4. The molecule has 0 unspecified atom stereocenters. The SMILES string of the molecule is Cc1c(C=Nn2c(=O)[nH]c3ccccc3c2=O)c2ccccc2n1Cc1ccccc1C#N. The highest BCUT2D eigenvalue weighted by molar-refractivity contribution is 6.01. The summed E-state index contributed by atoms with van der Waals surface area (Å²) in [7, 11) is 0. The third-order valence-corrected chi connectivity index (χ3v) is 5.83. The van der Waals surface area contributed by atoms with Crippen molar-refractivity contribution >= 4 is 28.0 Å². The van der Waals surface area contributed by atoms with Gasteiger partial charge in [-0.2, -0.15) is 10.4 Å². The molecule has 1 N–H and O–H groups in total. The lowest BCUT2D eigenvalue weighted by molar-refractivity contribution is 0.770. The molecule has 0 saturated carbocycles. The van der Waals surface area contributed by atoms with Gasteiger partial charge in [-0.15, -0.1) is 4.68 Å². The van der Waals surface area contributed by atoms with E-state index >= 15 is 0 Å². The quantitative estimate of drug-likeness (QED) is 0.437. The Morgan fingerprint density at radius 3 is 2.48 bits per heavy atom. The number of H-pyrrole nitrogens is 1. The standard InChI is InChI=1S/C26H19N5O2/c1-17-22(15-28-31-25(32)21-11-4-6-12-23(21)29-26(31)33)20-10-5-7-13-24(20)30(17)16-19-9-3-2-8-18(19)14-27/h2-13,15H,16H2,1H3,(H,29,33). The molecule has 0 fully saturated rings. The monoisotopic (exact) mass is 433 g/mol. The molecule has 0 amide bonds. The molecule has 7 heteroatoms. The third-order valence-electron chi connectivity index (χ3n) is 5.83. The summed E-state index contributed by atoms with van der Waals surface area (Å²) >= 11 is 0. The number of nitriles is 1. The number of benzene rings is 3. The van der Waals surface area contributed by atoms with Crippen LogP contribution in [-0.2, 0) is 6.54 Å². The van der Waals surface area contributed by atoms with Crippen molar-refractivity contribution in [2.75, 3.05) is 0 Å². The van der Waals surface area contributed by atoms with Crippen molar-refractivity contribution in [3.05, 3.63) is 116 Å². The number of nitrogens with zero attached hydrogens (tertiary/aromatic N) is 4. The number of hydrogen-bond donors (Lipinski definition) is 1. The van der Waals surface area contributed by atoms with Crippen LogP contribution in [0.2, 0.25) is 0 Å². The fourth-order valence-corrected chi connectivity index (χ4v) is 4.14. The summed E-state index contributed by atoms with van der Waals surface area (Å²) in [6.07, 6.45) is 1.55. The molecule has 0 atom stereocenters. The highest BCUT2D eigenvalue weighted by atomic mass is 16.2. The largest absolute Gasteiger partial charge is 0.349 e. The van der Waals surface area contributed by atoms with Crippen molar-refractivity contribution in [1.82, 2.24) is 14.2 Å². The molecule has 160 valence electrons. The molecule has 0 aliphatic carbocycles. The van der Waals surface area contributed by atoms with E-state index in [0.29, 0.717) is 23.0 Å². The summed E-state index contributed by atoms with van der Waals surface area (Å²) < 4.78 is 2.96. The maximum atomic E-state index is 12.8. The molecule has 0 saturated heterocycles. The summed E-state index contributed by atoms with van der Waals surface area (Å²) in [5.74, 6) is 0. The summed E-state index contributed by atoms with van der Waals surface area (Å²) in [6, 6.07) is 24.5. The Kier molecular flexibility index (Phi) is 4.96. The first kappa shape index (κ1) is 20.2. The topological polar surface area (TPSA) is 95.9 Å². The maximum absolute atomic E-state index is 12.8. The van der Waals surface area contributed by atoms with Crippen LogP contribution in [0.5, 0.6) is 0 Å². The number of para-hydroxylation sites is 2. The molecular formula is C26H19N5O2. The molecule has 2 aromatic heterocycles. The van der Waals surface area contributed by atoms with E-state index in [0.717, 1.165) is 32.4 Å². The normalized spacial score (nSPS) is 11.4. The van der Waals surface area contributed by atoms with Gasteiger partial charge in [0.15, 0.2) is 0 Å². The van der Waals surface area contributed by atoms with Crippen molar-refractivity contribution < 1.29 is 0 Å². The molecule has 3 aromatic carbocycles. The minimum atomic E-state index is -0.598. The lowest BCUT2D eigenvalue weighted by atomic mass is 10.1. The highest BCUT2D eigenvalue weighted by Crippen LogP contribution is 2.26. The molecule has 0 radical (unpaired) electrons. The Morgan fingerprint density at radius 1 is 0.970 bits per heavy atom. The number of nitrogens with one attached hydrogen (secondary N) is 1. The summed E-state index contributed by atoms with van der Waals surface area (Å²) in [5, 5.41) is 15.1. The first-order valence-electron chi connectivity index (χ1n) is 10.4. The maximum Gasteiger partial charge on any atom is 0.349 e. The summed E-state index contributed by atoms with van der Waals surface area (Å²) in [4.78, 5) is 28.0. The van der Waals surface area contributed by atoms with Crippen LogP contribution in [0.3, 0.4) is 0 Å². The second kappa shape index (κ2) is 8.09. The average molecular weight is 433 g/mol. The van der Waals surface area contributed by atoms with E-state index < -0.39 is 11.2 Å². The molecule has 0 aliphatic rings. The van der Waals surface area contributed by atoms with Crippen LogP contribution in [0.15, 0.2) is 87.5 Å². The van der Waals surface area contributed by atoms with Crippen molar-refractivity contribution in [1.29, 1.82) is 5.26 Å². The minimum absolute atomic E-state index is 0.390. The van der Waals surface area contributed by atoms with E-state index in [9.17, 15) is 14.9 Å². The lowest BCUT2D eigenvalue weighted by Crippen LogP contribution is -2.32. The fraction of sp³-hybridized carbons (Fsp3) is 0.0769. The Labute approximate surface area is 188 Å². The highest BCUT2D eigenvalue weighted by Gasteiger charge is 2.14. The lowest BCUT2D eigenvalue weighted by Gasteiger charge is -2.10. The van der Waals surface area contributed by atoms with Crippen molar-refractivity contribution in [3.63, 3.8) is 0 Å².